The molecule has 1 aromatic carbocycles. The number of rotatable bonds is 11. The largest absolute Gasteiger partial charge is 0.494 e. The summed E-state index contributed by atoms with van der Waals surface area (Å²) in [6, 6.07) is 10.7. The molecule has 0 unspecified atom stereocenters. The molecule has 9 nitrogen and oxygen atoms in total. The number of aromatic amines is 1. The van der Waals surface area contributed by atoms with Crippen LogP contribution in [-0.4, -0.2) is 33.4 Å². The third kappa shape index (κ3) is 7.13. The Morgan fingerprint density at radius 2 is 1.95 bits per heavy atom. The van der Waals surface area contributed by atoms with Crippen molar-refractivity contribution in [1.29, 1.82) is 0 Å². The Kier molecular flexibility index (Phi) is 8.17. The minimum atomic E-state index is -4.12. The number of nitrogens with one attached hydrogen (secondary N) is 2. The highest BCUT2D eigenvalue weighted by Crippen LogP contribution is 2.31. The van der Waals surface area contributed by atoms with Gasteiger partial charge in [0, 0.05) is 30.4 Å². The van der Waals surface area contributed by atoms with Gasteiger partial charge in [0.1, 0.15) is 5.75 Å². The number of alkyl halides is 3. The van der Waals surface area contributed by atoms with Gasteiger partial charge in [-0.1, -0.05) is 0 Å². The molecule has 0 atom stereocenters. The van der Waals surface area contributed by atoms with Crippen LogP contribution in [0.2, 0.25) is 0 Å². The van der Waals surface area contributed by atoms with Crippen molar-refractivity contribution in [2.45, 2.75) is 51.2 Å². The van der Waals surface area contributed by atoms with Crippen molar-refractivity contribution < 1.29 is 17.9 Å². The molecule has 0 bridgehead atoms. The van der Waals surface area contributed by atoms with Gasteiger partial charge in [0.2, 0.25) is 0 Å². The third-order valence-corrected chi connectivity index (χ3v) is 6.13. The van der Waals surface area contributed by atoms with E-state index in [-0.39, 0.29) is 17.8 Å². The lowest BCUT2D eigenvalue weighted by Gasteiger charge is -2.12. The number of pyridine rings is 1. The molecule has 0 spiro atoms. The molecule has 0 radical (unpaired) electrons. The zero-order chi connectivity index (χ0) is 26.4. The average molecular weight is 518 g/mol. The van der Waals surface area contributed by atoms with Crippen LogP contribution in [0.25, 0.3) is 22.5 Å². The van der Waals surface area contributed by atoms with Crippen molar-refractivity contribution in [1.82, 2.24) is 20.2 Å². The van der Waals surface area contributed by atoms with Gasteiger partial charge in [-0.25, -0.2) is 5.84 Å². The first-order valence-corrected chi connectivity index (χ1v) is 12.1. The highest BCUT2D eigenvalue weighted by Gasteiger charge is 2.26. The summed E-state index contributed by atoms with van der Waals surface area (Å²) in [5.41, 5.74) is 4.50. The van der Waals surface area contributed by atoms with Gasteiger partial charge in [-0.2, -0.15) is 23.4 Å². The first-order chi connectivity index (χ1) is 17.8. The lowest BCUT2D eigenvalue weighted by molar-refractivity contribution is -0.135. The summed E-state index contributed by atoms with van der Waals surface area (Å²) in [4.78, 5) is 15.9. The van der Waals surface area contributed by atoms with E-state index in [0.29, 0.717) is 48.1 Å². The molecule has 198 valence electrons. The summed E-state index contributed by atoms with van der Waals surface area (Å²) in [5, 5.41) is 8.26. The molecule has 0 aliphatic heterocycles. The van der Waals surface area contributed by atoms with Crippen LogP contribution < -0.4 is 27.4 Å². The van der Waals surface area contributed by atoms with E-state index in [0.717, 1.165) is 12.1 Å². The van der Waals surface area contributed by atoms with Gasteiger partial charge in [-0.3, -0.25) is 9.48 Å². The Bertz CT molecular complexity index is 1280. The maximum absolute atomic E-state index is 13.1. The molecule has 2 aromatic heterocycles. The van der Waals surface area contributed by atoms with Gasteiger partial charge >= 0.3 is 6.18 Å². The van der Waals surface area contributed by atoms with Crippen molar-refractivity contribution in [3.05, 3.63) is 58.5 Å². The number of hydrazone groups is 1. The Hall–Kier alpha value is -3.80. The maximum atomic E-state index is 13.1. The minimum Gasteiger partial charge on any atom is -0.494 e. The first kappa shape index (κ1) is 26.3. The summed E-state index contributed by atoms with van der Waals surface area (Å²) in [7, 11) is 0. The molecule has 0 saturated heterocycles. The van der Waals surface area contributed by atoms with Crippen LogP contribution in [0.3, 0.4) is 0 Å². The lowest BCUT2D eigenvalue weighted by atomic mass is 10.0. The number of ether oxygens (including phenoxy) is 1. The number of benzene rings is 1. The number of hydrogen-bond donors (Lipinski definition) is 4. The highest BCUT2D eigenvalue weighted by molar-refractivity contribution is 6.03. The number of nitrogens with zero attached hydrogens (tertiary/aromatic N) is 3. The maximum Gasteiger partial charge on any atom is 0.389 e. The fourth-order valence-corrected chi connectivity index (χ4v) is 4.02. The summed E-state index contributed by atoms with van der Waals surface area (Å²) in [6.07, 6.45) is 0.422. The second-order valence-electron chi connectivity index (χ2n) is 9.09. The number of amidine groups is 1. The minimum absolute atomic E-state index is 0.0264. The van der Waals surface area contributed by atoms with Gasteiger partial charge in [-0.05, 0) is 80.0 Å². The summed E-state index contributed by atoms with van der Waals surface area (Å²) in [6.45, 7) is 1.14. The first-order valence-electron chi connectivity index (χ1n) is 12.1. The lowest BCUT2D eigenvalue weighted by Crippen LogP contribution is -2.37. The van der Waals surface area contributed by atoms with E-state index in [1.807, 2.05) is 16.9 Å². The molecule has 6 N–H and O–H groups in total. The van der Waals surface area contributed by atoms with Crippen LogP contribution in [0.15, 0.2) is 52.5 Å². The van der Waals surface area contributed by atoms with E-state index in [1.54, 1.807) is 30.3 Å². The zero-order valence-corrected chi connectivity index (χ0v) is 20.2. The van der Waals surface area contributed by atoms with E-state index >= 15 is 0 Å². The van der Waals surface area contributed by atoms with E-state index in [2.05, 4.69) is 20.6 Å². The number of hydrazine groups is 1. The van der Waals surface area contributed by atoms with Crippen molar-refractivity contribution in [2.24, 2.45) is 22.7 Å². The third-order valence-electron chi connectivity index (χ3n) is 6.13. The van der Waals surface area contributed by atoms with Crippen molar-refractivity contribution >= 4 is 5.84 Å². The molecule has 1 aliphatic carbocycles. The molecule has 2 heterocycles. The Morgan fingerprint density at radius 3 is 2.59 bits per heavy atom. The number of H-pyrrole nitrogens is 1. The molecule has 1 aliphatic rings. The van der Waals surface area contributed by atoms with Crippen LogP contribution in [0.5, 0.6) is 5.75 Å². The quantitative estimate of drug-likeness (QED) is 0.100. The van der Waals surface area contributed by atoms with Crippen molar-refractivity contribution in [3.63, 3.8) is 0 Å². The topological polar surface area (TPSA) is 136 Å². The van der Waals surface area contributed by atoms with Crippen LogP contribution in [-0.2, 0) is 6.54 Å². The smallest absolute Gasteiger partial charge is 0.389 e. The SMILES string of the molecule is N/N=C(\NN)c1c(-c2ccn(CC3CC3)n2)cc(-c2ccc(OCCCCCC(F)(F)F)cc2)[nH]c1=O. The fraction of sp³-hybridized carbons (Fsp3) is 0.400. The number of halogens is 3. The predicted molar refractivity (Wildman–Crippen MR) is 135 cm³/mol. The molecule has 0 amide bonds. The van der Waals surface area contributed by atoms with Crippen LogP contribution in [0.4, 0.5) is 13.2 Å². The second kappa shape index (κ2) is 11.5. The van der Waals surface area contributed by atoms with Crippen LogP contribution in [0, 0.1) is 5.92 Å². The molecule has 4 rings (SSSR count). The van der Waals surface area contributed by atoms with Gasteiger partial charge < -0.3 is 21.0 Å². The monoisotopic (exact) mass is 517 g/mol. The average Bonchev–Trinajstić information content (AvgIpc) is 3.56. The molecule has 1 fully saturated rings. The Labute approximate surface area is 211 Å². The highest BCUT2D eigenvalue weighted by atomic mass is 19.4. The molecular formula is C25H30F3N7O2. The van der Waals surface area contributed by atoms with Gasteiger partial charge in [-0.15, -0.1) is 0 Å². The second-order valence-corrected chi connectivity index (χ2v) is 9.09. The van der Waals surface area contributed by atoms with E-state index < -0.39 is 18.2 Å². The number of aromatic nitrogens is 3. The number of hydrogen-bond acceptors (Lipinski definition) is 6. The zero-order valence-electron chi connectivity index (χ0n) is 20.2. The Morgan fingerprint density at radius 1 is 1.19 bits per heavy atom. The summed E-state index contributed by atoms with van der Waals surface area (Å²) in [5.74, 6) is 12.3. The van der Waals surface area contributed by atoms with Gasteiger partial charge in [0.25, 0.3) is 5.56 Å². The van der Waals surface area contributed by atoms with E-state index in [1.165, 1.54) is 12.8 Å². The molecular weight excluding hydrogens is 487 g/mol. The van der Waals surface area contributed by atoms with Crippen LogP contribution >= 0.6 is 0 Å². The Balaban J connectivity index is 1.51. The summed E-state index contributed by atoms with van der Waals surface area (Å²) >= 11 is 0. The van der Waals surface area contributed by atoms with E-state index in [4.69, 9.17) is 16.4 Å². The normalized spacial score (nSPS) is 14.1. The molecule has 37 heavy (non-hydrogen) atoms. The summed E-state index contributed by atoms with van der Waals surface area (Å²) < 4.78 is 44.2. The molecule has 12 heteroatoms. The number of unbranched alkanes of at least 4 members (excludes halogenated alkanes) is 2. The van der Waals surface area contributed by atoms with Crippen LogP contribution in [0.1, 0.15) is 44.1 Å². The van der Waals surface area contributed by atoms with E-state index in [9.17, 15) is 18.0 Å². The number of nitrogens with two attached hydrogens (primary N) is 2. The standard InChI is InChI=1S/C25H30F3N7O2/c26-25(27,28)11-2-1-3-13-37-18-8-6-17(7-9-18)21-14-19(22(24(36)31-21)23(32-29)33-30)20-10-12-35(34-20)15-16-4-5-16/h6-10,12,14,16H,1-5,11,13,15,29-30H2,(H,31,36)(H,32,33). The van der Waals surface area contributed by atoms with Gasteiger partial charge in [0.15, 0.2) is 5.84 Å². The van der Waals surface area contributed by atoms with Gasteiger partial charge in [0.05, 0.1) is 17.9 Å². The molecule has 3 aromatic rings. The van der Waals surface area contributed by atoms with Crippen molar-refractivity contribution in [2.75, 3.05) is 6.61 Å². The predicted octanol–water partition coefficient (Wildman–Crippen LogP) is 3.90. The van der Waals surface area contributed by atoms with Crippen molar-refractivity contribution in [3.8, 4) is 28.3 Å². The molecule has 1 saturated carbocycles. The fourth-order valence-electron chi connectivity index (χ4n) is 4.02.